The molecule has 0 bridgehead atoms. The number of ether oxygens (including phenoxy) is 2. The van der Waals surface area contributed by atoms with Crippen LogP contribution in [0.5, 0.6) is 11.5 Å². The molecule has 0 unspecified atom stereocenters. The second-order valence-corrected chi connectivity index (χ2v) is 8.88. The molecule has 3 aromatic rings. The van der Waals surface area contributed by atoms with Gasteiger partial charge in [0, 0.05) is 0 Å². The molecule has 1 heterocycles. The highest BCUT2D eigenvalue weighted by molar-refractivity contribution is 9.10. The SMILES string of the molecule is CCOc1cc(/C=C2\SC(=Nc3ccccc3)NC2=O)cc(Br)c1OCc1ccc(F)cc1. The molecule has 1 saturated heterocycles. The molecule has 5 nitrogen and oxygen atoms in total. The van der Waals surface area contributed by atoms with Crippen molar-refractivity contribution >= 4 is 50.5 Å². The van der Waals surface area contributed by atoms with Crippen LogP contribution in [0.1, 0.15) is 18.1 Å². The first kappa shape index (κ1) is 23.1. The number of halogens is 2. The van der Waals surface area contributed by atoms with Crippen LogP contribution in [0.25, 0.3) is 6.08 Å². The minimum atomic E-state index is -0.293. The lowest BCUT2D eigenvalue weighted by Crippen LogP contribution is -2.19. The fraction of sp³-hybridized carbons (Fsp3) is 0.120. The van der Waals surface area contributed by atoms with E-state index in [0.29, 0.717) is 32.7 Å². The van der Waals surface area contributed by atoms with Gasteiger partial charge in [-0.25, -0.2) is 9.38 Å². The van der Waals surface area contributed by atoms with Crippen LogP contribution in [0.15, 0.2) is 81.1 Å². The molecule has 1 aliphatic heterocycles. The Morgan fingerprint density at radius 2 is 1.85 bits per heavy atom. The Bertz CT molecular complexity index is 1210. The lowest BCUT2D eigenvalue weighted by molar-refractivity contribution is -0.115. The van der Waals surface area contributed by atoms with E-state index >= 15 is 0 Å². The number of rotatable bonds is 7. The van der Waals surface area contributed by atoms with Gasteiger partial charge in [0.15, 0.2) is 16.7 Å². The summed E-state index contributed by atoms with van der Waals surface area (Å²) >= 11 is 4.83. The number of amides is 1. The first-order chi connectivity index (χ1) is 16.0. The summed E-state index contributed by atoms with van der Waals surface area (Å²) in [7, 11) is 0. The van der Waals surface area contributed by atoms with Gasteiger partial charge in [-0.2, -0.15) is 0 Å². The van der Waals surface area contributed by atoms with Crippen molar-refractivity contribution in [1.29, 1.82) is 0 Å². The number of benzene rings is 3. The predicted molar refractivity (Wildman–Crippen MR) is 133 cm³/mol. The Labute approximate surface area is 203 Å². The molecular formula is C25H20BrFN2O3S. The molecule has 0 radical (unpaired) electrons. The zero-order chi connectivity index (χ0) is 23.2. The number of carbonyl (C=O) groups excluding carboxylic acids is 1. The lowest BCUT2D eigenvalue weighted by atomic mass is 10.1. The molecule has 4 rings (SSSR count). The van der Waals surface area contributed by atoms with Gasteiger partial charge in [-0.05, 0) is 88.2 Å². The third-order valence-electron chi connectivity index (χ3n) is 4.56. The number of para-hydroxylation sites is 1. The quantitative estimate of drug-likeness (QED) is 0.359. The summed E-state index contributed by atoms with van der Waals surface area (Å²) in [4.78, 5) is 17.4. The van der Waals surface area contributed by atoms with E-state index in [1.54, 1.807) is 18.2 Å². The number of carbonyl (C=O) groups is 1. The largest absolute Gasteiger partial charge is 0.490 e. The molecule has 0 aliphatic carbocycles. The van der Waals surface area contributed by atoms with E-state index in [2.05, 4.69) is 26.2 Å². The number of hydrogen-bond donors (Lipinski definition) is 1. The molecule has 1 N–H and O–H groups in total. The summed E-state index contributed by atoms with van der Waals surface area (Å²) in [6.07, 6.45) is 1.78. The second-order valence-electron chi connectivity index (χ2n) is 7.00. The summed E-state index contributed by atoms with van der Waals surface area (Å²) in [6.45, 7) is 2.59. The highest BCUT2D eigenvalue weighted by Gasteiger charge is 2.24. The van der Waals surface area contributed by atoms with Crippen LogP contribution in [0.3, 0.4) is 0 Å². The molecule has 0 aromatic heterocycles. The maximum Gasteiger partial charge on any atom is 0.264 e. The number of aliphatic imine (C=N–C) groups is 1. The zero-order valence-corrected chi connectivity index (χ0v) is 20.1. The smallest absolute Gasteiger partial charge is 0.264 e. The highest BCUT2D eigenvalue weighted by Crippen LogP contribution is 2.39. The van der Waals surface area contributed by atoms with Gasteiger partial charge in [0.05, 0.1) is 21.7 Å². The summed E-state index contributed by atoms with van der Waals surface area (Å²) in [5, 5.41) is 3.32. The molecule has 1 fully saturated rings. The molecule has 8 heteroatoms. The van der Waals surface area contributed by atoms with Crippen molar-refractivity contribution in [3.63, 3.8) is 0 Å². The molecule has 0 spiro atoms. The Morgan fingerprint density at radius 3 is 2.58 bits per heavy atom. The molecule has 1 aliphatic rings. The molecule has 3 aromatic carbocycles. The van der Waals surface area contributed by atoms with Gasteiger partial charge < -0.3 is 14.8 Å². The third kappa shape index (κ3) is 6.03. The Hall–Kier alpha value is -3.10. The van der Waals surface area contributed by atoms with Crippen molar-refractivity contribution in [3.8, 4) is 11.5 Å². The van der Waals surface area contributed by atoms with Crippen molar-refractivity contribution in [1.82, 2.24) is 5.32 Å². The Morgan fingerprint density at radius 1 is 1.09 bits per heavy atom. The van der Waals surface area contributed by atoms with Gasteiger partial charge in [0.2, 0.25) is 0 Å². The molecule has 33 heavy (non-hydrogen) atoms. The fourth-order valence-corrected chi connectivity index (χ4v) is 4.48. The average Bonchev–Trinajstić information content (AvgIpc) is 3.13. The van der Waals surface area contributed by atoms with E-state index in [-0.39, 0.29) is 18.3 Å². The standard InChI is InChI=1S/C25H20BrFN2O3S/c1-2-31-21-13-17(12-20(26)23(21)32-15-16-8-10-18(27)11-9-16)14-22-24(30)29-25(33-22)28-19-6-4-3-5-7-19/h3-14H,2,15H2,1H3,(H,28,29,30)/b22-14-. The van der Waals surface area contributed by atoms with E-state index in [4.69, 9.17) is 9.47 Å². The average molecular weight is 527 g/mol. The molecule has 1 amide bonds. The van der Waals surface area contributed by atoms with E-state index in [1.807, 2.05) is 49.4 Å². The fourth-order valence-electron chi connectivity index (χ4n) is 3.06. The zero-order valence-electron chi connectivity index (χ0n) is 17.7. The minimum Gasteiger partial charge on any atom is -0.490 e. The summed E-state index contributed by atoms with van der Waals surface area (Å²) in [6, 6.07) is 19.3. The van der Waals surface area contributed by atoms with Crippen molar-refractivity contribution in [2.45, 2.75) is 13.5 Å². The number of amidine groups is 1. The van der Waals surface area contributed by atoms with E-state index < -0.39 is 0 Å². The van der Waals surface area contributed by atoms with E-state index in [1.165, 1.54) is 23.9 Å². The van der Waals surface area contributed by atoms with Gasteiger partial charge >= 0.3 is 0 Å². The number of thioether (sulfide) groups is 1. The van der Waals surface area contributed by atoms with Crippen LogP contribution in [-0.2, 0) is 11.4 Å². The predicted octanol–water partition coefficient (Wildman–Crippen LogP) is 6.46. The van der Waals surface area contributed by atoms with Crippen LogP contribution in [0.4, 0.5) is 10.1 Å². The summed E-state index contributed by atoms with van der Waals surface area (Å²) in [5.41, 5.74) is 2.38. The highest BCUT2D eigenvalue weighted by atomic mass is 79.9. The molecular weight excluding hydrogens is 507 g/mol. The number of hydrogen-bond acceptors (Lipinski definition) is 5. The Kier molecular flexibility index (Phi) is 7.47. The van der Waals surface area contributed by atoms with Crippen LogP contribution >= 0.6 is 27.7 Å². The normalized spacial score (nSPS) is 15.7. The Balaban J connectivity index is 1.55. The minimum absolute atomic E-state index is 0.208. The lowest BCUT2D eigenvalue weighted by Gasteiger charge is -2.15. The monoisotopic (exact) mass is 526 g/mol. The van der Waals surface area contributed by atoms with Crippen LogP contribution in [0.2, 0.25) is 0 Å². The first-order valence-corrected chi connectivity index (χ1v) is 11.8. The van der Waals surface area contributed by atoms with E-state index in [9.17, 15) is 9.18 Å². The topological polar surface area (TPSA) is 59.9 Å². The van der Waals surface area contributed by atoms with Gasteiger partial charge in [-0.15, -0.1) is 0 Å². The van der Waals surface area contributed by atoms with Crippen LogP contribution in [-0.4, -0.2) is 17.7 Å². The van der Waals surface area contributed by atoms with Crippen molar-refractivity contribution < 1.29 is 18.7 Å². The van der Waals surface area contributed by atoms with Crippen molar-refractivity contribution in [2.24, 2.45) is 4.99 Å². The number of nitrogens with one attached hydrogen (secondary N) is 1. The first-order valence-electron chi connectivity index (χ1n) is 10.2. The van der Waals surface area contributed by atoms with Gasteiger partial charge in [-0.3, -0.25) is 4.79 Å². The maximum absolute atomic E-state index is 13.1. The number of nitrogens with zero attached hydrogens (tertiary/aromatic N) is 1. The molecule has 168 valence electrons. The second kappa shape index (κ2) is 10.7. The maximum atomic E-state index is 13.1. The summed E-state index contributed by atoms with van der Waals surface area (Å²) < 4.78 is 25.6. The molecule has 0 saturated carbocycles. The third-order valence-corrected chi connectivity index (χ3v) is 6.06. The molecule has 0 atom stereocenters. The van der Waals surface area contributed by atoms with Crippen LogP contribution < -0.4 is 14.8 Å². The van der Waals surface area contributed by atoms with Crippen molar-refractivity contribution in [3.05, 3.63) is 93.1 Å². The van der Waals surface area contributed by atoms with Gasteiger partial charge in [0.25, 0.3) is 5.91 Å². The van der Waals surface area contributed by atoms with Crippen molar-refractivity contribution in [2.75, 3.05) is 6.61 Å². The van der Waals surface area contributed by atoms with E-state index in [0.717, 1.165) is 16.8 Å². The van der Waals surface area contributed by atoms with Gasteiger partial charge in [0.1, 0.15) is 12.4 Å². The summed E-state index contributed by atoms with van der Waals surface area (Å²) in [5.74, 6) is 0.583. The van der Waals surface area contributed by atoms with Gasteiger partial charge in [-0.1, -0.05) is 30.3 Å². The van der Waals surface area contributed by atoms with Crippen LogP contribution in [0, 0.1) is 5.82 Å².